The quantitative estimate of drug-likeness (QED) is 0.644. The monoisotopic (exact) mass is 344 g/mol. The van der Waals surface area contributed by atoms with Gasteiger partial charge in [0.05, 0.1) is 0 Å². The second-order valence-corrected chi connectivity index (χ2v) is 12.2. The van der Waals surface area contributed by atoms with Crippen molar-refractivity contribution in [3.63, 3.8) is 0 Å². The summed E-state index contributed by atoms with van der Waals surface area (Å²) in [6.07, 6.45) is 0. The van der Waals surface area contributed by atoms with Gasteiger partial charge in [-0.1, -0.05) is 62.7 Å². The Morgan fingerprint density at radius 3 is 1.32 bits per heavy atom. The van der Waals surface area contributed by atoms with Gasteiger partial charge < -0.3 is 0 Å². The summed E-state index contributed by atoms with van der Waals surface area (Å²) in [7, 11) is -1.77. The summed E-state index contributed by atoms with van der Waals surface area (Å²) in [5, 5.41) is 8.12. The summed E-state index contributed by atoms with van der Waals surface area (Å²) in [6.45, 7) is 22.1. The van der Waals surface area contributed by atoms with E-state index in [1.807, 2.05) is 0 Å². The number of aryl methyl sites for hydroxylation is 2. The van der Waals surface area contributed by atoms with Crippen LogP contribution < -0.4 is 20.9 Å². The zero-order chi connectivity index (χ0) is 18.5. The predicted molar refractivity (Wildman–Crippen MR) is 115 cm³/mol. The van der Waals surface area contributed by atoms with E-state index in [2.05, 4.69) is 90.3 Å². The van der Waals surface area contributed by atoms with Gasteiger partial charge in [-0.2, -0.15) is 0 Å². The molecule has 0 nitrogen and oxygen atoms in total. The fourth-order valence-corrected chi connectivity index (χ4v) is 8.55. The second-order valence-electron chi connectivity index (χ2n) is 7.91. The zero-order valence-corrected chi connectivity index (χ0v) is 17.4. The van der Waals surface area contributed by atoms with E-state index in [4.69, 9.17) is 0 Å². The first-order chi connectivity index (χ1) is 11.6. The summed E-state index contributed by atoms with van der Waals surface area (Å²) in [6, 6.07) is 13.5. The molecule has 0 amide bonds. The molecule has 0 radical (unpaired) electrons. The Bertz CT molecular complexity index is 1040. The Kier molecular flexibility index (Phi) is 4.24. The first-order valence-corrected chi connectivity index (χ1v) is 11.9. The molecule has 0 aliphatic carbocycles. The molecule has 2 aromatic rings. The summed E-state index contributed by atoms with van der Waals surface area (Å²) in [5.41, 5.74) is 5.45. The third kappa shape index (κ3) is 2.77. The topological polar surface area (TPSA) is 0 Å². The number of benzene rings is 2. The van der Waals surface area contributed by atoms with E-state index in [1.54, 1.807) is 10.4 Å². The molecule has 0 saturated heterocycles. The van der Waals surface area contributed by atoms with Crippen molar-refractivity contribution in [3.05, 3.63) is 79.5 Å². The van der Waals surface area contributed by atoms with Crippen LogP contribution in [0.1, 0.15) is 25.0 Å². The minimum Gasteiger partial charge on any atom is -0.0915 e. The van der Waals surface area contributed by atoms with Gasteiger partial charge in [-0.3, -0.25) is 0 Å². The SMILES string of the molecule is C=c1cc/c(=C2C(C)=C(C)/C(=c3/ccc(=C)c(C)c3)[Si]\2(C)C)cc1C. The van der Waals surface area contributed by atoms with Crippen LogP contribution in [0.5, 0.6) is 0 Å². The van der Waals surface area contributed by atoms with Crippen LogP contribution in [0.4, 0.5) is 0 Å². The standard InChI is InChI=1S/C24H28Si/c1-15-9-11-21(13-17(15)3)23-19(5)20(6)24(25(23,7)8)22-12-10-16(2)18(4)14-22/h9-14H,1-2H2,3-8H3/b23-21-,24-22+. The van der Waals surface area contributed by atoms with Gasteiger partial charge >= 0.3 is 0 Å². The summed E-state index contributed by atoms with van der Waals surface area (Å²) >= 11 is 0. The highest BCUT2D eigenvalue weighted by Gasteiger charge is 2.39. The summed E-state index contributed by atoms with van der Waals surface area (Å²) in [4.78, 5) is 0. The van der Waals surface area contributed by atoms with E-state index in [0.717, 1.165) is 10.4 Å². The van der Waals surface area contributed by atoms with E-state index < -0.39 is 8.07 Å². The van der Waals surface area contributed by atoms with Crippen molar-refractivity contribution in [1.29, 1.82) is 0 Å². The van der Waals surface area contributed by atoms with Crippen molar-refractivity contribution >= 4 is 31.6 Å². The molecule has 2 aromatic carbocycles. The van der Waals surface area contributed by atoms with Crippen LogP contribution >= 0.6 is 0 Å². The second kappa shape index (κ2) is 6.00. The van der Waals surface area contributed by atoms with Gasteiger partial charge in [-0.15, -0.1) is 0 Å². The molecule has 0 saturated carbocycles. The van der Waals surface area contributed by atoms with Crippen molar-refractivity contribution in [2.45, 2.75) is 40.8 Å². The van der Waals surface area contributed by atoms with Crippen molar-refractivity contribution in [3.8, 4) is 0 Å². The molecule has 0 aromatic heterocycles. The van der Waals surface area contributed by atoms with E-state index in [9.17, 15) is 0 Å². The van der Waals surface area contributed by atoms with Gasteiger partial charge in [0.1, 0.15) is 8.07 Å². The van der Waals surface area contributed by atoms with Crippen molar-refractivity contribution in [2.24, 2.45) is 0 Å². The Morgan fingerprint density at radius 1 is 0.640 bits per heavy atom. The lowest BCUT2D eigenvalue weighted by Gasteiger charge is -2.23. The Hall–Kier alpha value is -2.12. The molecule has 0 N–H and O–H groups in total. The maximum Gasteiger partial charge on any atom is 0.114 e. The summed E-state index contributed by atoms with van der Waals surface area (Å²) in [5.74, 6) is 0. The van der Waals surface area contributed by atoms with Crippen molar-refractivity contribution in [2.75, 3.05) is 0 Å². The number of hydrogen-bond acceptors (Lipinski definition) is 0. The van der Waals surface area contributed by atoms with Crippen molar-refractivity contribution < 1.29 is 0 Å². The molecule has 1 heteroatoms. The molecule has 1 heterocycles. The average molecular weight is 345 g/mol. The molecule has 128 valence electrons. The molecular weight excluding hydrogens is 316 g/mol. The van der Waals surface area contributed by atoms with E-state index in [0.29, 0.717) is 0 Å². The first-order valence-electron chi connectivity index (χ1n) is 8.93. The minimum absolute atomic E-state index is 1.12. The van der Waals surface area contributed by atoms with Crippen LogP contribution in [0, 0.1) is 13.8 Å². The Balaban J connectivity index is 2.45. The lowest BCUT2D eigenvalue weighted by molar-refractivity contribution is 1.36. The largest absolute Gasteiger partial charge is 0.114 e. The van der Waals surface area contributed by atoms with Crippen LogP contribution in [-0.4, -0.2) is 8.07 Å². The molecule has 25 heavy (non-hydrogen) atoms. The van der Waals surface area contributed by atoms with Gasteiger partial charge in [-0.25, -0.2) is 0 Å². The molecular formula is C24H28Si. The van der Waals surface area contributed by atoms with Crippen LogP contribution in [0.15, 0.2) is 47.5 Å². The molecule has 3 rings (SSSR count). The molecule has 1 aliphatic rings. The van der Waals surface area contributed by atoms with E-state index in [-0.39, 0.29) is 0 Å². The zero-order valence-electron chi connectivity index (χ0n) is 16.4. The highest BCUT2D eigenvalue weighted by molar-refractivity contribution is 7.09. The van der Waals surface area contributed by atoms with Gasteiger partial charge in [0, 0.05) is 0 Å². The third-order valence-corrected chi connectivity index (χ3v) is 9.65. The van der Waals surface area contributed by atoms with Gasteiger partial charge in [0.2, 0.25) is 0 Å². The fourth-order valence-electron chi connectivity index (χ4n) is 4.29. The van der Waals surface area contributed by atoms with Crippen LogP contribution in [0.25, 0.3) is 23.6 Å². The summed E-state index contributed by atoms with van der Waals surface area (Å²) < 4.78 is 0. The predicted octanol–water partition coefficient (Wildman–Crippen LogP) is 3.26. The maximum atomic E-state index is 4.12. The highest BCUT2D eigenvalue weighted by Crippen LogP contribution is 2.43. The first kappa shape index (κ1) is 17.7. The smallest absolute Gasteiger partial charge is 0.0915 e. The molecule has 1 aliphatic heterocycles. The Morgan fingerprint density at radius 2 is 1.00 bits per heavy atom. The van der Waals surface area contributed by atoms with E-state index >= 15 is 0 Å². The number of allylic oxidation sites excluding steroid dienone is 2. The highest BCUT2D eigenvalue weighted by atomic mass is 28.3. The van der Waals surface area contributed by atoms with Crippen LogP contribution in [-0.2, 0) is 0 Å². The maximum absolute atomic E-state index is 4.12. The molecule has 0 fully saturated rings. The van der Waals surface area contributed by atoms with Crippen LogP contribution in [0.3, 0.4) is 0 Å². The van der Waals surface area contributed by atoms with Crippen molar-refractivity contribution in [1.82, 2.24) is 0 Å². The Labute approximate surface area is 152 Å². The number of rotatable bonds is 0. The fraction of sp³-hybridized carbons (Fsp3) is 0.250. The number of hydrogen-bond donors (Lipinski definition) is 0. The minimum atomic E-state index is -1.77. The normalized spacial score (nSPS) is 21.0. The third-order valence-electron chi connectivity index (χ3n) is 5.83. The molecule has 0 atom stereocenters. The molecule has 0 unspecified atom stereocenters. The van der Waals surface area contributed by atoms with Gasteiger partial charge in [0.15, 0.2) is 0 Å². The van der Waals surface area contributed by atoms with Crippen LogP contribution in [0.2, 0.25) is 13.1 Å². The lowest BCUT2D eigenvalue weighted by Crippen LogP contribution is -2.35. The molecule has 0 bridgehead atoms. The van der Waals surface area contributed by atoms with Gasteiger partial charge in [0.25, 0.3) is 0 Å². The molecule has 0 spiro atoms. The average Bonchev–Trinajstić information content (AvgIpc) is 2.71. The van der Waals surface area contributed by atoms with Gasteiger partial charge in [-0.05, 0) is 81.2 Å². The van der Waals surface area contributed by atoms with E-state index in [1.165, 1.54) is 32.7 Å². The lowest BCUT2D eigenvalue weighted by atomic mass is 10.1.